The summed E-state index contributed by atoms with van der Waals surface area (Å²) in [5, 5.41) is 14.0. The van der Waals surface area contributed by atoms with Gasteiger partial charge in [0, 0.05) is 18.5 Å². The maximum absolute atomic E-state index is 12.3. The molecule has 0 unspecified atom stereocenters. The number of fused-ring (bicyclic) bond motifs is 1. The molecular weight excluding hydrogens is 354 g/mol. The smallest absolute Gasteiger partial charge is 0.251 e. The van der Waals surface area contributed by atoms with Gasteiger partial charge in [0.05, 0.1) is 16.7 Å². The van der Waals surface area contributed by atoms with Crippen LogP contribution in [0.1, 0.15) is 35.4 Å². The number of tetrazole rings is 1. The molecule has 2 aromatic carbocycles. The maximum atomic E-state index is 12.3. The van der Waals surface area contributed by atoms with Crippen LogP contribution in [0, 0.1) is 0 Å². The summed E-state index contributed by atoms with van der Waals surface area (Å²) in [5.74, 6) is 0.928. The van der Waals surface area contributed by atoms with Crippen LogP contribution in [0.5, 0.6) is 0 Å². The van der Waals surface area contributed by atoms with Gasteiger partial charge >= 0.3 is 0 Å². The first-order chi connectivity index (χ1) is 13.8. The second-order valence-corrected chi connectivity index (χ2v) is 6.57. The lowest BCUT2D eigenvalue weighted by atomic mass is 10.1. The van der Waals surface area contributed by atoms with Crippen LogP contribution in [0.15, 0.2) is 54.9 Å². The molecule has 0 bridgehead atoms. The third-order valence-corrected chi connectivity index (χ3v) is 4.54. The summed E-state index contributed by atoms with van der Waals surface area (Å²) in [5.41, 5.74) is 3.43. The summed E-state index contributed by atoms with van der Waals surface area (Å²) < 4.78 is 1.52. The van der Waals surface area contributed by atoms with E-state index in [0.717, 1.165) is 48.2 Å². The Morgan fingerprint density at radius 2 is 2.00 bits per heavy atom. The molecule has 4 rings (SSSR count). The van der Waals surface area contributed by atoms with Gasteiger partial charge in [-0.2, -0.15) is 0 Å². The number of unbranched alkanes of at least 4 members (excludes halogenated alkanes) is 2. The zero-order valence-corrected chi connectivity index (χ0v) is 15.4. The van der Waals surface area contributed by atoms with Crippen LogP contribution in [0.3, 0.4) is 0 Å². The van der Waals surface area contributed by atoms with Gasteiger partial charge < -0.3 is 10.3 Å². The number of carbonyl (C=O) groups is 1. The average Bonchev–Trinajstić information content (AvgIpc) is 3.40. The number of hydrogen-bond donors (Lipinski definition) is 2. The highest BCUT2D eigenvalue weighted by atomic mass is 16.1. The summed E-state index contributed by atoms with van der Waals surface area (Å²) in [7, 11) is 0. The Kier molecular flexibility index (Phi) is 5.37. The van der Waals surface area contributed by atoms with Crippen molar-refractivity contribution in [1.29, 1.82) is 0 Å². The van der Waals surface area contributed by atoms with E-state index in [2.05, 4.69) is 30.8 Å². The third-order valence-electron chi connectivity index (χ3n) is 4.54. The Morgan fingerprint density at radius 3 is 2.86 bits per heavy atom. The minimum atomic E-state index is -0.0905. The normalized spacial score (nSPS) is 11.0. The van der Waals surface area contributed by atoms with E-state index in [4.69, 9.17) is 0 Å². The van der Waals surface area contributed by atoms with Crippen LogP contribution in [0.25, 0.3) is 16.7 Å². The third kappa shape index (κ3) is 4.22. The standard InChI is InChI=1S/C20H21N7O/c28-20(15-7-6-8-16(13-15)27-14-22-25-26-27)21-12-5-1-2-11-19-23-17-9-3-4-10-18(17)24-19/h3-4,6-10,13-14H,1-2,5,11-12H2,(H,21,28)(H,23,24). The molecule has 28 heavy (non-hydrogen) atoms. The minimum absolute atomic E-state index is 0.0905. The summed E-state index contributed by atoms with van der Waals surface area (Å²) in [6.07, 6.45) is 5.40. The Bertz CT molecular complexity index is 1020. The molecule has 8 heteroatoms. The topological polar surface area (TPSA) is 101 Å². The Labute approximate surface area is 162 Å². The number of carbonyl (C=O) groups excluding carboxylic acids is 1. The van der Waals surface area contributed by atoms with E-state index in [1.165, 1.54) is 11.0 Å². The molecule has 142 valence electrons. The minimum Gasteiger partial charge on any atom is -0.352 e. The van der Waals surface area contributed by atoms with Gasteiger partial charge in [-0.3, -0.25) is 4.79 Å². The van der Waals surface area contributed by atoms with Crippen molar-refractivity contribution in [2.24, 2.45) is 0 Å². The van der Waals surface area contributed by atoms with Gasteiger partial charge in [0.2, 0.25) is 0 Å². The lowest BCUT2D eigenvalue weighted by Gasteiger charge is -2.06. The van der Waals surface area contributed by atoms with E-state index in [1.54, 1.807) is 12.1 Å². The lowest BCUT2D eigenvalue weighted by molar-refractivity contribution is 0.0953. The molecule has 0 spiro atoms. The summed E-state index contributed by atoms with van der Waals surface area (Å²) in [6.45, 7) is 0.647. The SMILES string of the molecule is O=C(NCCCCCc1nc2ccccc2[nH]1)c1cccc(-n2cnnn2)c1. The van der Waals surface area contributed by atoms with Gasteiger partial charge in [0.15, 0.2) is 0 Å². The number of benzene rings is 2. The second-order valence-electron chi connectivity index (χ2n) is 6.57. The van der Waals surface area contributed by atoms with Gasteiger partial charge in [0.25, 0.3) is 5.91 Å². The van der Waals surface area contributed by atoms with Crippen LogP contribution in [-0.4, -0.2) is 42.6 Å². The molecule has 0 aliphatic heterocycles. The number of nitrogens with zero attached hydrogens (tertiary/aromatic N) is 5. The number of rotatable bonds is 8. The average molecular weight is 375 g/mol. The Hall–Kier alpha value is -3.55. The molecule has 8 nitrogen and oxygen atoms in total. The zero-order valence-electron chi connectivity index (χ0n) is 15.4. The number of aromatic nitrogens is 6. The quantitative estimate of drug-likeness (QED) is 0.461. The first-order valence-corrected chi connectivity index (χ1v) is 9.35. The first-order valence-electron chi connectivity index (χ1n) is 9.35. The molecular formula is C20H21N7O. The van der Waals surface area contributed by atoms with E-state index < -0.39 is 0 Å². The van der Waals surface area contributed by atoms with E-state index in [-0.39, 0.29) is 5.91 Å². The Morgan fingerprint density at radius 1 is 1.07 bits per heavy atom. The summed E-state index contributed by atoms with van der Waals surface area (Å²) in [6, 6.07) is 15.3. The van der Waals surface area contributed by atoms with E-state index in [1.807, 2.05) is 36.4 Å². The maximum Gasteiger partial charge on any atom is 0.251 e. The van der Waals surface area contributed by atoms with Crippen LogP contribution in [0.4, 0.5) is 0 Å². The summed E-state index contributed by atoms with van der Waals surface area (Å²) in [4.78, 5) is 20.3. The van der Waals surface area contributed by atoms with Crippen molar-refractivity contribution in [3.8, 4) is 5.69 Å². The molecule has 0 fully saturated rings. The van der Waals surface area contributed by atoms with Crippen molar-refractivity contribution in [2.45, 2.75) is 25.7 Å². The monoisotopic (exact) mass is 375 g/mol. The number of aromatic amines is 1. The van der Waals surface area contributed by atoms with E-state index in [0.29, 0.717) is 12.1 Å². The van der Waals surface area contributed by atoms with E-state index >= 15 is 0 Å². The van der Waals surface area contributed by atoms with Gasteiger partial charge in [-0.1, -0.05) is 24.6 Å². The van der Waals surface area contributed by atoms with Crippen molar-refractivity contribution >= 4 is 16.9 Å². The van der Waals surface area contributed by atoms with E-state index in [9.17, 15) is 4.79 Å². The highest BCUT2D eigenvalue weighted by Crippen LogP contribution is 2.12. The predicted octanol–water partition coefficient (Wildman–Crippen LogP) is 2.68. The Balaban J connectivity index is 1.20. The zero-order chi connectivity index (χ0) is 19.2. The number of imidazole rings is 1. The molecule has 2 N–H and O–H groups in total. The number of H-pyrrole nitrogens is 1. The van der Waals surface area contributed by atoms with Crippen molar-refractivity contribution < 1.29 is 4.79 Å². The molecule has 0 radical (unpaired) electrons. The molecule has 2 aromatic heterocycles. The highest BCUT2D eigenvalue weighted by molar-refractivity contribution is 5.94. The van der Waals surface area contributed by atoms with Gasteiger partial charge in [-0.05, 0) is 53.6 Å². The van der Waals surface area contributed by atoms with Crippen LogP contribution in [0.2, 0.25) is 0 Å². The highest BCUT2D eigenvalue weighted by Gasteiger charge is 2.07. The molecule has 4 aromatic rings. The van der Waals surface area contributed by atoms with Crippen molar-refractivity contribution in [1.82, 2.24) is 35.5 Å². The number of para-hydroxylation sites is 2. The molecule has 0 atom stereocenters. The first kappa shape index (κ1) is 17.8. The van der Waals surface area contributed by atoms with Crippen LogP contribution >= 0.6 is 0 Å². The van der Waals surface area contributed by atoms with Gasteiger partial charge in [-0.15, -0.1) is 5.10 Å². The summed E-state index contributed by atoms with van der Waals surface area (Å²) >= 11 is 0. The number of hydrogen-bond acceptors (Lipinski definition) is 5. The molecule has 0 saturated heterocycles. The molecule has 0 aliphatic carbocycles. The molecule has 2 heterocycles. The van der Waals surface area contributed by atoms with Gasteiger partial charge in [0.1, 0.15) is 12.2 Å². The van der Waals surface area contributed by atoms with Crippen molar-refractivity contribution in [2.75, 3.05) is 6.54 Å². The van der Waals surface area contributed by atoms with Crippen molar-refractivity contribution in [3.05, 3.63) is 66.2 Å². The number of aryl methyl sites for hydroxylation is 1. The number of nitrogens with one attached hydrogen (secondary N) is 2. The molecule has 0 saturated carbocycles. The second kappa shape index (κ2) is 8.43. The lowest BCUT2D eigenvalue weighted by Crippen LogP contribution is -2.24. The van der Waals surface area contributed by atoms with Crippen LogP contribution in [-0.2, 0) is 6.42 Å². The fraction of sp³-hybridized carbons (Fsp3) is 0.250. The molecule has 0 aliphatic rings. The predicted molar refractivity (Wildman–Crippen MR) is 105 cm³/mol. The van der Waals surface area contributed by atoms with Crippen molar-refractivity contribution in [3.63, 3.8) is 0 Å². The van der Waals surface area contributed by atoms with Gasteiger partial charge in [-0.25, -0.2) is 9.67 Å². The number of amides is 1. The van der Waals surface area contributed by atoms with Crippen LogP contribution < -0.4 is 5.32 Å². The fourth-order valence-corrected chi connectivity index (χ4v) is 3.09. The fourth-order valence-electron chi connectivity index (χ4n) is 3.09. The molecule has 1 amide bonds. The largest absolute Gasteiger partial charge is 0.352 e.